The summed E-state index contributed by atoms with van der Waals surface area (Å²) in [6, 6.07) is 11.2. The van der Waals surface area contributed by atoms with Crippen molar-refractivity contribution < 1.29 is 24.2 Å². The summed E-state index contributed by atoms with van der Waals surface area (Å²) < 4.78 is 11.0. The quantitative estimate of drug-likeness (QED) is 0.429. The van der Waals surface area contributed by atoms with Crippen molar-refractivity contribution in [1.82, 2.24) is 14.8 Å². The van der Waals surface area contributed by atoms with Gasteiger partial charge in [-0.1, -0.05) is 38.8 Å². The lowest BCUT2D eigenvalue weighted by molar-refractivity contribution is -0.143. The molecular formula is C29H39N3O5. The van der Waals surface area contributed by atoms with Gasteiger partial charge in [0.1, 0.15) is 0 Å². The van der Waals surface area contributed by atoms with Crippen LogP contribution in [-0.4, -0.2) is 70.8 Å². The van der Waals surface area contributed by atoms with Crippen LogP contribution in [0.3, 0.4) is 0 Å². The van der Waals surface area contributed by atoms with Gasteiger partial charge in [0.15, 0.2) is 11.5 Å². The minimum atomic E-state index is -0.836. The zero-order valence-corrected chi connectivity index (χ0v) is 22.0. The maximum atomic E-state index is 13.5. The number of fused-ring (bicyclic) bond motifs is 1. The molecule has 200 valence electrons. The van der Waals surface area contributed by atoms with Crippen LogP contribution in [-0.2, 0) is 16.0 Å². The summed E-state index contributed by atoms with van der Waals surface area (Å²) in [6.45, 7) is 6.65. The molecule has 0 bridgehead atoms. The number of hydrogen-bond acceptors (Lipinski definition) is 6. The molecule has 1 aromatic heterocycles. The van der Waals surface area contributed by atoms with Gasteiger partial charge < -0.3 is 19.5 Å². The first-order valence-corrected chi connectivity index (χ1v) is 13.6. The number of aliphatic carboxylic acids is 1. The second-order valence-corrected chi connectivity index (χ2v) is 10.0. The Balaban J connectivity index is 1.59. The van der Waals surface area contributed by atoms with Crippen molar-refractivity contribution in [1.29, 1.82) is 0 Å². The van der Waals surface area contributed by atoms with Gasteiger partial charge in [-0.05, 0) is 55.5 Å². The first-order chi connectivity index (χ1) is 18.0. The van der Waals surface area contributed by atoms with E-state index in [4.69, 9.17) is 9.47 Å². The fourth-order valence-corrected chi connectivity index (χ4v) is 5.51. The van der Waals surface area contributed by atoms with Crippen molar-refractivity contribution in [3.63, 3.8) is 0 Å². The molecule has 37 heavy (non-hydrogen) atoms. The van der Waals surface area contributed by atoms with Gasteiger partial charge in [-0.2, -0.15) is 0 Å². The Labute approximate surface area is 219 Å². The van der Waals surface area contributed by atoms with Crippen molar-refractivity contribution >= 4 is 11.9 Å². The molecule has 0 spiro atoms. The number of aromatic nitrogens is 1. The number of carboxylic acids is 1. The maximum Gasteiger partial charge on any atom is 0.308 e. The van der Waals surface area contributed by atoms with E-state index in [1.807, 2.05) is 41.3 Å². The molecule has 1 N–H and O–H groups in total. The van der Waals surface area contributed by atoms with Crippen LogP contribution in [0.5, 0.6) is 11.5 Å². The Morgan fingerprint density at radius 1 is 1.08 bits per heavy atom. The molecule has 1 saturated heterocycles. The molecule has 4 rings (SSSR count). The van der Waals surface area contributed by atoms with E-state index < -0.39 is 11.9 Å². The summed E-state index contributed by atoms with van der Waals surface area (Å²) in [7, 11) is 0. The van der Waals surface area contributed by atoms with E-state index in [1.165, 1.54) is 0 Å². The van der Waals surface area contributed by atoms with E-state index in [0.29, 0.717) is 30.9 Å². The van der Waals surface area contributed by atoms with Gasteiger partial charge in [0.25, 0.3) is 0 Å². The molecule has 1 unspecified atom stereocenters. The van der Waals surface area contributed by atoms with Gasteiger partial charge in [-0.3, -0.25) is 19.5 Å². The molecule has 3 atom stereocenters. The number of nitrogens with zero attached hydrogens (tertiary/aromatic N) is 3. The van der Waals surface area contributed by atoms with E-state index in [9.17, 15) is 14.7 Å². The smallest absolute Gasteiger partial charge is 0.308 e. The SMILES string of the molecule is CCCCN(CCCC)C(=O)CN1CC(c2ccc3c(c2)OCO3)[C@H](C(=O)O)[C@H]1CCc1ccccn1. The zero-order valence-electron chi connectivity index (χ0n) is 22.0. The van der Waals surface area contributed by atoms with Gasteiger partial charge in [0.05, 0.1) is 12.5 Å². The maximum absolute atomic E-state index is 13.5. The third kappa shape index (κ3) is 6.60. The number of carbonyl (C=O) groups is 2. The number of rotatable bonds is 13. The molecule has 1 amide bonds. The second-order valence-electron chi connectivity index (χ2n) is 10.0. The largest absolute Gasteiger partial charge is 0.481 e. The van der Waals surface area contributed by atoms with Crippen molar-refractivity contribution in [2.24, 2.45) is 5.92 Å². The molecule has 2 aliphatic rings. The highest BCUT2D eigenvalue weighted by molar-refractivity contribution is 5.79. The van der Waals surface area contributed by atoms with Crippen LogP contribution in [0.4, 0.5) is 0 Å². The fraction of sp³-hybridized carbons (Fsp3) is 0.552. The Morgan fingerprint density at radius 3 is 2.51 bits per heavy atom. The summed E-state index contributed by atoms with van der Waals surface area (Å²) in [6.07, 6.45) is 7.02. The molecule has 3 heterocycles. The molecule has 8 heteroatoms. The van der Waals surface area contributed by atoms with E-state index in [0.717, 1.165) is 50.0 Å². The third-order valence-corrected chi connectivity index (χ3v) is 7.53. The van der Waals surface area contributed by atoms with Crippen LogP contribution in [0.2, 0.25) is 0 Å². The standard InChI is InChI=1S/C29H39N3O5/c1-3-5-15-31(16-6-4-2)27(33)19-32-18-23(21-10-13-25-26(17-21)37-20-36-25)28(29(34)35)24(32)12-11-22-9-7-8-14-30-22/h7-10,13-14,17,23-24,28H,3-6,11-12,15-16,18-20H2,1-2H3,(H,34,35)/t23?,24-,28+/m1/s1. The highest BCUT2D eigenvalue weighted by Gasteiger charge is 2.47. The molecular weight excluding hydrogens is 470 g/mol. The number of aryl methyl sites for hydroxylation is 1. The van der Waals surface area contributed by atoms with E-state index in [1.54, 1.807) is 6.20 Å². The monoisotopic (exact) mass is 509 g/mol. The topological polar surface area (TPSA) is 92.2 Å². The average Bonchev–Trinajstić information content (AvgIpc) is 3.52. The zero-order chi connectivity index (χ0) is 26.2. The number of carbonyl (C=O) groups excluding carboxylic acids is 1. The number of amides is 1. The van der Waals surface area contributed by atoms with Gasteiger partial charge in [0, 0.05) is 43.5 Å². The lowest BCUT2D eigenvalue weighted by Gasteiger charge is -2.29. The van der Waals surface area contributed by atoms with Crippen LogP contribution in [0, 0.1) is 5.92 Å². The highest BCUT2D eigenvalue weighted by atomic mass is 16.7. The average molecular weight is 510 g/mol. The Morgan fingerprint density at radius 2 is 1.84 bits per heavy atom. The van der Waals surface area contributed by atoms with E-state index in [-0.39, 0.29) is 31.2 Å². The third-order valence-electron chi connectivity index (χ3n) is 7.53. The van der Waals surface area contributed by atoms with E-state index in [2.05, 4.69) is 23.7 Å². The van der Waals surface area contributed by atoms with Gasteiger partial charge >= 0.3 is 5.97 Å². The summed E-state index contributed by atoms with van der Waals surface area (Å²) >= 11 is 0. The number of unbranched alkanes of at least 4 members (excludes halogenated alkanes) is 2. The first-order valence-electron chi connectivity index (χ1n) is 13.6. The number of pyridine rings is 1. The molecule has 8 nitrogen and oxygen atoms in total. The molecule has 0 saturated carbocycles. The van der Waals surface area contributed by atoms with Crippen molar-refractivity contribution in [3.8, 4) is 11.5 Å². The fourth-order valence-electron chi connectivity index (χ4n) is 5.51. The molecule has 1 fully saturated rings. The van der Waals surface area contributed by atoms with Crippen molar-refractivity contribution in [3.05, 3.63) is 53.9 Å². The van der Waals surface area contributed by atoms with Crippen LogP contribution in [0.1, 0.15) is 63.1 Å². The minimum absolute atomic E-state index is 0.0835. The summed E-state index contributed by atoms with van der Waals surface area (Å²) in [5, 5.41) is 10.4. The van der Waals surface area contributed by atoms with Crippen LogP contribution in [0.25, 0.3) is 0 Å². The molecule has 2 aliphatic heterocycles. The number of hydrogen-bond donors (Lipinski definition) is 1. The molecule has 0 radical (unpaired) electrons. The summed E-state index contributed by atoms with van der Waals surface area (Å²) in [5.41, 5.74) is 1.83. The summed E-state index contributed by atoms with van der Waals surface area (Å²) in [5.74, 6) is -0.330. The first kappa shape index (κ1) is 26.9. The lowest BCUT2D eigenvalue weighted by Crippen LogP contribution is -2.44. The molecule has 2 aromatic rings. The van der Waals surface area contributed by atoms with Crippen LogP contribution in [0.15, 0.2) is 42.6 Å². The Bertz CT molecular complexity index is 1040. The highest BCUT2D eigenvalue weighted by Crippen LogP contribution is 2.43. The Kier molecular flexibility index (Phi) is 9.39. The van der Waals surface area contributed by atoms with Crippen molar-refractivity contribution in [2.45, 2.75) is 64.3 Å². The van der Waals surface area contributed by atoms with E-state index >= 15 is 0 Å². The Hall–Kier alpha value is -3.13. The van der Waals surface area contributed by atoms with Crippen LogP contribution < -0.4 is 9.47 Å². The summed E-state index contributed by atoms with van der Waals surface area (Å²) in [4.78, 5) is 34.7. The number of likely N-dealkylation sites (tertiary alicyclic amines) is 1. The predicted octanol–water partition coefficient (Wildman–Crippen LogP) is 4.34. The number of ether oxygens (including phenoxy) is 2. The molecule has 0 aliphatic carbocycles. The number of carboxylic acid groups (broad SMARTS) is 1. The predicted molar refractivity (Wildman–Crippen MR) is 141 cm³/mol. The lowest BCUT2D eigenvalue weighted by atomic mass is 9.83. The van der Waals surface area contributed by atoms with Crippen LogP contribution >= 0.6 is 0 Å². The normalized spacial score (nSPS) is 20.8. The number of benzene rings is 1. The van der Waals surface area contributed by atoms with Gasteiger partial charge in [-0.25, -0.2) is 0 Å². The van der Waals surface area contributed by atoms with Crippen molar-refractivity contribution in [2.75, 3.05) is 33.0 Å². The van der Waals surface area contributed by atoms with Gasteiger partial charge in [0.2, 0.25) is 12.7 Å². The van der Waals surface area contributed by atoms with Gasteiger partial charge in [-0.15, -0.1) is 0 Å². The minimum Gasteiger partial charge on any atom is -0.481 e. The second kappa shape index (κ2) is 12.9. The molecule has 1 aromatic carbocycles.